The molecule has 3 atom stereocenters. The second kappa shape index (κ2) is 12.8. The summed E-state index contributed by atoms with van der Waals surface area (Å²) in [6, 6.07) is 33.0. The molecule has 0 bridgehead atoms. The Morgan fingerprint density at radius 2 is 1.37 bits per heavy atom. The molecule has 5 rings (SSSR count). The van der Waals surface area contributed by atoms with Gasteiger partial charge in [0.05, 0.1) is 24.6 Å². The molecule has 4 aromatic rings. The van der Waals surface area contributed by atoms with Crippen molar-refractivity contribution in [1.29, 1.82) is 0 Å². The molecule has 0 spiro atoms. The third-order valence-electron chi connectivity index (χ3n) is 7.90. The highest BCUT2D eigenvalue weighted by Crippen LogP contribution is 2.55. The summed E-state index contributed by atoms with van der Waals surface area (Å²) in [7, 11) is -3.32. The van der Waals surface area contributed by atoms with Crippen molar-refractivity contribution in [1.82, 2.24) is 0 Å². The Hall–Kier alpha value is -2.91. The van der Waals surface area contributed by atoms with Crippen LogP contribution in [0.25, 0.3) is 0 Å². The molecule has 5 heteroatoms. The zero-order valence-electron chi connectivity index (χ0n) is 21.8. The van der Waals surface area contributed by atoms with Crippen molar-refractivity contribution >= 4 is 17.8 Å². The zero-order chi connectivity index (χ0) is 26.2. The van der Waals surface area contributed by atoms with Crippen molar-refractivity contribution in [2.75, 3.05) is 0 Å². The summed E-state index contributed by atoms with van der Waals surface area (Å²) >= 11 is 0. The molecule has 0 unspecified atom stereocenters. The Bertz CT molecular complexity index is 1230. The van der Waals surface area contributed by atoms with Crippen LogP contribution in [0.15, 0.2) is 114 Å². The minimum Gasteiger partial charge on any atom is -0.467 e. The van der Waals surface area contributed by atoms with Crippen LogP contribution in [0.2, 0.25) is 0 Å². The third-order valence-corrected chi connectivity index (χ3v) is 11.5. The average Bonchev–Trinajstić information content (AvgIpc) is 3.54. The van der Waals surface area contributed by atoms with E-state index in [1.54, 1.807) is 18.4 Å². The predicted octanol–water partition coefficient (Wildman–Crippen LogP) is 7.25. The van der Waals surface area contributed by atoms with E-state index in [1.807, 2.05) is 78.9 Å². The lowest BCUT2D eigenvalue weighted by Crippen LogP contribution is -2.37. The molecule has 0 radical (unpaired) electrons. The first-order chi connectivity index (χ1) is 18.7. The number of aliphatic hydroxyl groups excluding tert-OH is 1. The maximum Gasteiger partial charge on any atom is 0.149 e. The van der Waals surface area contributed by atoms with Crippen molar-refractivity contribution < 1.29 is 18.8 Å². The van der Waals surface area contributed by atoms with Gasteiger partial charge in [-0.05, 0) is 42.9 Å². The van der Waals surface area contributed by atoms with Gasteiger partial charge in [-0.25, -0.2) is 0 Å². The van der Waals surface area contributed by atoms with Gasteiger partial charge in [0.15, 0.2) is 0 Å². The van der Waals surface area contributed by atoms with Gasteiger partial charge in [-0.2, -0.15) is 0 Å². The van der Waals surface area contributed by atoms with Crippen LogP contribution in [0.3, 0.4) is 0 Å². The summed E-state index contributed by atoms with van der Waals surface area (Å²) in [5.74, 6) is 0.798. The fraction of sp³-hybridized carbons (Fsp3) is 0.333. The molecular weight excluding hydrogens is 491 g/mol. The second-order valence-electron chi connectivity index (χ2n) is 10.3. The fourth-order valence-electron chi connectivity index (χ4n) is 5.87. The van der Waals surface area contributed by atoms with Crippen LogP contribution in [0, 0.1) is 5.92 Å². The molecule has 0 saturated heterocycles. The molecule has 1 heterocycles. The van der Waals surface area contributed by atoms with Crippen LogP contribution in [0.1, 0.15) is 56.0 Å². The number of hydrogen-bond donors (Lipinski definition) is 1. The van der Waals surface area contributed by atoms with Gasteiger partial charge in [-0.3, -0.25) is 0 Å². The van der Waals surface area contributed by atoms with Gasteiger partial charge in [0.25, 0.3) is 0 Å². The number of rotatable bonds is 11. The van der Waals surface area contributed by atoms with Crippen molar-refractivity contribution in [3.8, 4) is 0 Å². The molecule has 1 saturated carbocycles. The number of benzene rings is 3. The van der Waals surface area contributed by atoms with E-state index >= 15 is 4.57 Å². The van der Waals surface area contributed by atoms with Crippen LogP contribution >= 0.6 is 7.14 Å². The molecule has 3 aromatic carbocycles. The van der Waals surface area contributed by atoms with Crippen molar-refractivity contribution in [2.24, 2.45) is 5.92 Å². The number of aliphatic hydroxyl groups is 1. The largest absolute Gasteiger partial charge is 0.467 e. The van der Waals surface area contributed by atoms with Crippen LogP contribution in [0.4, 0.5) is 0 Å². The van der Waals surface area contributed by atoms with Gasteiger partial charge in [0, 0.05) is 10.6 Å². The summed E-state index contributed by atoms with van der Waals surface area (Å²) in [4.78, 5) is 0. The van der Waals surface area contributed by atoms with Crippen LogP contribution in [-0.4, -0.2) is 16.9 Å². The Morgan fingerprint density at radius 1 is 0.789 bits per heavy atom. The molecule has 1 aliphatic carbocycles. The second-order valence-corrected chi connectivity index (χ2v) is 13.3. The molecule has 0 aliphatic heterocycles. The minimum atomic E-state index is -3.32. The van der Waals surface area contributed by atoms with E-state index in [4.69, 9.17) is 9.15 Å². The molecule has 0 amide bonds. The van der Waals surface area contributed by atoms with Crippen molar-refractivity contribution in [3.63, 3.8) is 0 Å². The van der Waals surface area contributed by atoms with E-state index in [-0.39, 0.29) is 6.10 Å². The molecule has 1 fully saturated rings. The quantitative estimate of drug-likeness (QED) is 0.208. The number of ether oxygens (including phenoxy) is 1. The minimum absolute atomic E-state index is 0.133. The van der Waals surface area contributed by atoms with E-state index in [2.05, 4.69) is 12.1 Å². The standard InChI is InChI=1S/C33H37O4P/c34-33(30-22-13-23-36-30)32(38(35,28-18-9-3-10-19-28)29-20-11-4-12-21-29)24-31(27-16-7-2-8-17-27)37-25-26-14-5-1-6-15-26/h1,3-6,9-15,18-23,27,31-34H,2,7-8,16-17,24-25H2/t31-,32-,33+/m0/s1. The maximum atomic E-state index is 15.5. The third kappa shape index (κ3) is 6.04. The lowest BCUT2D eigenvalue weighted by Gasteiger charge is -2.37. The van der Waals surface area contributed by atoms with Gasteiger partial charge in [0.2, 0.25) is 0 Å². The first-order valence-corrected chi connectivity index (χ1v) is 15.5. The lowest BCUT2D eigenvalue weighted by molar-refractivity contribution is -0.0230. The zero-order valence-corrected chi connectivity index (χ0v) is 22.7. The van der Waals surface area contributed by atoms with E-state index in [0.717, 1.165) is 29.0 Å². The normalized spacial score (nSPS) is 17.1. The van der Waals surface area contributed by atoms with Gasteiger partial charge < -0.3 is 18.8 Å². The average molecular weight is 529 g/mol. The molecule has 38 heavy (non-hydrogen) atoms. The smallest absolute Gasteiger partial charge is 0.149 e. The maximum absolute atomic E-state index is 15.5. The van der Waals surface area contributed by atoms with Gasteiger partial charge in [0.1, 0.15) is 19.0 Å². The van der Waals surface area contributed by atoms with Crippen LogP contribution < -0.4 is 10.6 Å². The van der Waals surface area contributed by atoms with E-state index in [0.29, 0.717) is 24.7 Å². The first-order valence-electron chi connectivity index (χ1n) is 13.7. The van der Waals surface area contributed by atoms with Crippen LogP contribution in [-0.2, 0) is 15.9 Å². The van der Waals surface area contributed by atoms with E-state index in [1.165, 1.54) is 19.3 Å². The summed E-state index contributed by atoms with van der Waals surface area (Å²) in [6.45, 7) is 0.493. The molecule has 1 N–H and O–H groups in total. The Balaban J connectivity index is 1.57. The molecular formula is C33H37O4P. The highest BCUT2D eigenvalue weighted by Gasteiger charge is 2.45. The van der Waals surface area contributed by atoms with Gasteiger partial charge >= 0.3 is 0 Å². The van der Waals surface area contributed by atoms with E-state index < -0.39 is 18.9 Å². The highest BCUT2D eigenvalue weighted by molar-refractivity contribution is 7.79. The monoisotopic (exact) mass is 528 g/mol. The molecule has 1 aromatic heterocycles. The molecule has 1 aliphatic rings. The Kier molecular flexibility index (Phi) is 8.96. The number of hydrogen-bond acceptors (Lipinski definition) is 4. The summed E-state index contributed by atoms with van der Waals surface area (Å²) in [5.41, 5.74) is 0.506. The van der Waals surface area contributed by atoms with Gasteiger partial charge in [-0.1, -0.05) is 110 Å². The summed E-state index contributed by atoms with van der Waals surface area (Å²) in [5, 5.41) is 13.3. The molecule has 198 valence electrons. The predicted molar refractivity (Wildman–Crippen MR) is 153 cm³/mol. The SMILES string of the molecule is O=P(c1ccccc1)(c1ccccc1)[C@@H](C[C@H](OCc1ccccc1)C1CCCCC1)[C@H](O)c1ccco1. The summed E-state index contributed by atoms with van der Waals surface area (Å²) in [6.07, 6.45) is 6.64. The highest BCUT2D eigenvalue weighted by atomic mass is 31.2. The number of furan rings is 1. The first kappa shape index (κ1) is 26.7. The topological polar surface area (TPSA) is 59.7 Å². The van der Waals surface area contributed by atoms with Crippen LogP contribution in [0.5, 0.6) is 0 Å². The molecule has 4 nitrogen and oxygen atoms in total. The summed E-state index contributed by atoms with van der Waals surface area (Å²) < 4.78 is 27.8. The van der Waals surface area contributed by atoms with Gasteiger partial charge in [-0.15, -0.1) is 0 Å². The van der Waals surface area contributed by atoms with Crippen molar-refractivity contribution in [3.05, 3.63) is 121 Å². The van der Waals surface area contributed by atoms with Crippen molar-refractivity contribution in [2.45, 2.75) is 63.0 Å². The Morgan fingerprint density at radius 3 is 1.92 bits per heavy atom. The Labute approximate surface area is 226 Å². The van der Waals surface area contributed by atoms with E-state index in [9.17, 15) is 5.11 Å². The fourth-order valence-corrected chi connectivity index (χ4v) is 9.22. The lowest BCUT2D eigenvalue weighted by atomic mass is 9.83.